The monoisotopic (exact) mass is 280 g/mol. The summed E-state index contributed by atoms with van der Waals surface area (Å²) >= 11 is 0.989. The zero-order chi connectivity index (χ0) is 9.61. The molecule has 1 nitrogen and oxygen atoms in total. The van der Waals surface area contributed by atoms with Gasteiger partial charge in [0.15, 0.2) is 0 Å². The van der Waals surface area contributed by atoms with E-state index in [0.29, 0.717) is 5.92 Å². The zero-order valence-corrected chi connectivity index (χ0v) is 11.9. The quantitative estimate of drug-likeness (QED) is 0.738. The molecule has 0 radical (unpaired) electrons. The van der Waals surface area contributed by atoms with Crippen LogP contribution in [0.25, 0.3) is 0 Å². The average Bonchev–Trinajstić information content (AvgIpc) is 1.99. The molecule has 0 aliphatic rings. The summed E-state index contributed by atoms with van der Waals surface area (Å²) in [6.07, 6.45) is 5.62. The first-order valence-electron chi connectivity index (χ1n) is 5.09. The van der Waals surface area contributed by atoms with Crippen LogP contribution in [0.2, 0.25) is 0 Å². The van der Waals surface area contributed by atoms with Crippen molar-refractivity contribution in [1.82, 2.24) is 0 Å². The summed E-state index contributed by atoms with van der Waals surface area (Å²) in [5.74, 6) is 0.546. The first-order chi connectivity index (χ1) is 5.58. The molecule has 74 valence electrons. The van der Waals surface area contributed by atoms with Crippen molar-refractivity contribution in [2.75, 3.05) is 0 Å². The van der Waals surface area contributed by atoms with Gasteiger partial charge in [-0.3, -0.25) is 0 Å². The van der Waals surface area contributed by atoms with E-state index < -0.39 is 0 Å². The van der Waals surface area contributed by atoms with Gasteiger partial charge in [0.1, 0.15) is 0 Å². The third-order valence-electron chi connectivity index (χ3n) is 2.49. The summed E-state index contributed by atoms with van der Waals surface area (Å²) in [6.45, 7) is 6.54. The van der Waals surface area contributed by atoms with E-state index in [9.17, 15) is 5.11 Å². The molecular formula is C10H23OSb. The van der Waals surface area contributed by atoms with E-state index in [1.54, 1.807) is 0 Å². The Morgan fingerprint density at radius 1 is 1.25 bits per heavy atom. The minimum atomic E-state index is -0.301. The van der Waals surface area contributed by atoms with Gasteiger partial charge >= 0.3 is 90.5 Å². The Morgan fingerprint density at radius 2 is 1.83 bits per heavy atom. The standard InChI is InChI=1S/C10H21O.Sb.2H/c1-4-7-9(6-3)10(11)8-5-2;;;/h9,11H,4-8H2,1-3H3;;;. The first kappa shape index (κ1) is 12.8. The molecule has 0 aromatic heterocycles. The molecule has 0 aromatic carbocycles. The summed E-state index contributed by atoms with van der Waals surface area (Å²) in [5, 5.41) is 10.2. The van der Waals surface area contributed by atoms with Crippen LogP contribution in [0.1, 0.15) is 52.9 Å². The first-order valence-corrected chi connectivity index (χ1v) is 6.74. The molecule has 0 saturated heterocycles. The van der Waals surface area contributed by atoms with Gasteiger partial charge in [-0.2, -0.15) is 0 Å². The fourth-order valence-electron chi connectivity index (χ4n) is 1.76. The summed E-state index contributed by atoms with van der Waals surface area (Å²) in [4.78, 5) is 0. The maximum atomic E-state index is 10.2. The van der Waals surface area contributed by atoms with Crippen LogP contribution in [0.3, 0.4) is 0 Å². The molecule has 2 atom stereocenters. The maximum absolute atomic E-state index is 10.2. The normalized spacial score (nSPS) is 18.8. The van der Waals surface area contributed by atoms with Crippen LogP contribution in [0.4, 0.5) is 0 Å². The predicted molar refractivity (Wildman–Crippen MR) is 57.1 cm³/mol. The van der Waals surface area contributed by atoms with Gasteiger partial charge in [-0.25, -0.2) is 0 Å². The zero-order valence-electron chi connectivity index (χ0n) is 8.64. The Balaban J connectivity index is 4.05. The van der Waals surface area contributed by atoms with Gasteiger partial charge in [0.2, 0.25) is 0 Å². The van der Waals surface area contributed by atoms with Crippen LogP contribution < -0.4 is 0 Å². The molecule has 0 aromatic rings. The van der Waals surface area contributed by atoms with E-state index in [0.717, 1.165) is 42.3 Å². The van der Waals surface area contributed by atoms with Crippen LogP contribution in [-0.2, 0) is 0 Å². The second-order valence-corrected chi connectivity index (χ2v) is 6.49. The van der Waals surface area contributed by atoms with Gasteiger partial charge in [-0.15, -0.1) is 0 Å². The molecule has 0 aliphatic carbocycles. The van der Waals surface area contributed by atoms with Crippen LogP contribution >= 0.6 is 0 Å². The number of aliphatic hydroxyl groups is 1. The SMILES string of the molecule is CCCC(CC)[C](O)([SbH2])CCC. The van der Waals surface area contributed by atoms with Crippen LogP contribution in [0, 0.1) is 5.92 Å². The molecule has 0 aliphatic heterocycles. The summed E-state index contributed by atoms with van der Waals surface area (Å²) in [5.41, 5.74) is 0. The fraction of sp³-hybridized carbons (Fsp3) is 1.00. The molecule has 0 fully saturated rings. The van der Waals surface area contributed by atoms with Gasteiger partial charge in [0, 0.05) is 0 Å². The Hall–Kier alpha value is 0.778. The molecule has 0 heterocycles. The Bertz CT molecular complexity index is 112. The van der Waals surface area contributed by atoms with Gasteiger partial charge < -0.3 is 0 Å². The van der Waals surface area contributed by atoms with Crippen molar-refractivity contribution in [1.29, 1.82) is 0 Å². The molecule has 12 heavy (non-hydrogen) atoms. The minimum absolute atomic E-state index is 0.301. The van der Waals surface area contributed by atoms with Gasteiger partial charge in [-0.05, 0) is 0 Å². The summed E-state index contributed by atoms with van der Waals surface area (Å²) in [6, 6.07) is 0. The van der Waals surface area contributed by atoms with E-state index in [1.807, 2.05) is 0 Å². The number of rotatable bonds is 6. The van der Waals surface area contributed by atoms with E-state index in [4.69, 9.17) is 0 Å². The third-order valence-corrected chi connectivity index (χ3v) is 4.66. The van der Waals surface area contributed by atoms with Crippen molar-refractivity contribution in [3.05, 3.63) is 0 Å². The van der Waals surface area contributed by atoms with E-state index in [2.05, 4.69) is 20.8 Å². The molecular weight excluding hydrogens is 258 g/mol. The second-order valence-electron chi connectivity index (χ2n) is 3.64. The molecule has 1 N–H and O–H groups in total. The average molecular weight is 281 g/mol. The van der Waals surface area contributed by atoms with Crippen molar-refractivity contribution in [2.45, 2.75) is 56.4 Å². The van der Waals surface area contributed by atoms with Crippen LogP contribution in [0.5, 0.6) is 0 Å². The molecule has 0 rings (SSSR count). The Labute approximate surface area is 90.4 Å². The van der Waals surface area contributed by atoms with E-state index in [-0.39, 0.29) is 3.55 Å². The van der Waals surface area contributed by atoms with Crippen molar-refractivity contribution < 1.29 is 5.11 Å². The Kier molecular flexibility index (Phi) is 6.67. The number of hydrogen-bond acceptors (Lipinski definition) is 1. The van der Waals surface area contributed by atoms with Gasteiger partial charge in [0.05, 0.1) is 0 Å². The predicted octanol–water partition coefficient (Wildman–Crippen LogP) is 1.93. The summed E-state index contributed by atoms with van der Waals surface area (Å²) in [7, 11) is 0. The molecule has 0 saturated carbocycles. The van der Waals surface area contributed by atoms with Crippen LogP contribution in [0.15, 0.2) is 0 Å². The molecule has 0 amide bonds. The number of hydrogen-bond donors (Lipinski definition) is 1. The van der Waals surface area contributed by atoms with Crippen molar-refractivity contribution in [3.63, 3.8) is 0 Å². The van der Waals surface area contributed by atoms with Crippen molar-refractivity contribution in [2.24, 2.45) is 5.92 Å². The second kappa shape index (κ2) is 6.27. The topological polar surface area (TPSA) is 20.2 Å². The van der Waals surface area contributed by atoms with Crippen molar-refractivity contribution in [3.8, 4) is 0 Å². The van der Waals surface area contributed by atoms with E-state index >= 15 is 0 Å². The Morgan fingerprint density at radius 3 is 2.17 bits per heavy atom. The molecule has 2 heteroatoms. The van der Waals surface area contributed by atoms with Gasteiger partial charge in [0.25, 0.3) is 0 Å². The summed E-state index contributed by atoms with van der Waals surface area (Å²) < 4.78 is -0.301. The van der Waals surface area contributed by atoms with E-state index in [1.165, 1.54) is 12.8 Å². The fourth-order valence-corrected chi connectivity index (χ4v) is 3.73. The van der Waals surface area contributed by atoms with Crippen molar-refractivity contribution >= 4 is 23.0 Å². The van der Waals surface area contributed by atoms with Gasteiger partial charge in [-0.1, -0.05) is 0 Å². The molecule has 0 bridgehead atoms. The van der Waals surface area contributed by atoms with Crippen LogP contribution in [-0.4, -0.2) is 31.7 Å². The third kappa shape index (κ3) is 4.14. The molecule has 0 spiro atoms. The molecule has 2 unspecified atom stereocenters.